The summed E-state index contributed by atoms with van der Waals surface area (Å²) in [7, 11) is -3.69. The fourth-order valence-corrected chi connectivity index (χ4v) is 5.81. The second-order valence-corrected chi connectivity index (χ2v) is 10.8. The maximum atomic E-state index is 13.5. The van der Waals surface area contributed by atoms with Crippen LogP contribution in [0.1, 0.15) is 38.2 Å². The van der Waals surface area contributed by atoms with Gasteiger partial charge in [-0.3, -0.25) is 9.59 Å². The topological polar surface area (TPSA) is 133 Å². The summed E-state index contributed by atoms with van der Waals surface area (Å²) in [6.45, 7) is 2.93. The number of rotatable bonds is 10. The molecular formula is C27H31N3O6S. The average molecular weight is 526 g/mol. The van der Waals surface area contributed by atoms with E-state index in [-0.39, 0.29) is 16.5 Å². The van der Waals surface area contributed by atoms with E-state index >= 15 is 0 Å². The molecule has 1 fully saturated rings. The maximum Gasteiger partial charge on any atom is 0.303 e. The molecule has 2 aromatic carbocycles. The van der Waals surface area contributed by atoms with Gasteiger partial charge in [-0.2, -0.15) is 4.31 Å². The predicted octanol–water partition coefficient (Wildman–Crippen LogP) is 4.25. The molecule has 0 unspecified atom stereocenters. The van der Waals surface area contributed by atoms with Crippen LogP contribution in [0.25, 0.3) is 21.8 Å². The van der Waals surface area contributed by atoms with Crippen LogP contribution in [0.2, 0.25) is 0 Å². The van der Waals surface area contributed by atoms with Gasteiger partial charge in [0, 0.05) is 41.5 Å². The van der Waals surface area contributed by atoms with Crippen LogP contribution in [0.3, 0.4) is 0 Å². The number of carbonyl (C=O) groups is 1. The first-order valence-electron chi connectivity index (χ1n) is 12.3. The van der Waals surface area contributed by atoms with Gasteiger partial charge in [0.2, 0.25) is 10.0 Å². The summed E-state index contributed by atoms with van der Waals surface area (Å²) in [6, 6.07) is 16.5. The zero-order valence-corrected chi connectivity index (χ0v) is 21.5. The van der Waals surface area contributed by atoms with Crippen molar-refractivity contribution in [2.75, 3.05) is 13.2 Å². The van der Waals surface area contributed by atoms with Crippen LogP contribution in [0.4, 0.5) is 0 Å². The Morgan fingerprint density at radius 3 is 2.51 bits per heavy atom. The molecule has 37 heavy (non-hydrogen) atoms. The van der Waals surface area contributed by atoms with Gasteiger partial charge in [0.25, 0.3) is 5.56 Å². The van der Waals surface area contributed by atoms with E-state index in [2.05, 4.69) is 9.97 Å². The number of nitrogens with one attached hydrogen (secondary N) is 2. The Kier molecular flexibility index (Phi) is 8.42. The third kappa shape index (κ3) is 6.46. The second-order valence-electron chi connectivity index (χ2n) is 8.96. The molecule has 3 N–H and O–H groups in total. The number of hydrogen-bond donors (Lipinski definition) is 3. The number of carboxylic acid groups (broad SMARTS) is 1. The Bertz CT molecular complexity index is 1520. The van der Waals surface area contributed by atoms with E-state index in [1.165, 1.54) is 0 Å². The highest BCUT2D eigenvalue weighted by Gasteiger charge is 2.38. The van der Waals surface area contributed by atoms with Gasteiger partial charge in [0.05, 0.1) is 18.1 Å². The molecule has 1 aliphatic rings. The highest BCUT2D eigenvalue weighted by Crippen LogP contribution is 2.33. The SMILES string of the molecule is CCCC(=O)O.O=c1[nH]c2ccc(S(=O)(=O)N(CCOCc3ccccc3)C3CC3)cc2c2cc[nH]c12. The van der Waals surface area contributed by atoms with Gasteiger partial charge >= 0.3 is 5.97 Å². The van der Waals surface area contributed by atoms with E-state index in [4.69, 9.17) is 9.84 Å². The van der Waals surface area contributed by atoms with Gasteiger partial charge in [-0.15, -0.1) is 0 Å². The number of sulfonamides is 1. The number of aromatic nitrogens is 2. The number of pyridine rings is 1. The average Bonchev–Trinajstić information content (AvgIpc) is 3.58. The number of aromatic amines is 2. The van der Waals surface area contributed by atoms with Crippen molar-refractivity contribution >= 4 is 37.8 Å². The van der Waals surface area contributed by atoms with Crippen LogP contribution >= 0.6 is 0 Å². The summed E-state index contributed by atoms with van der Waals surface area (Å²) in [6.07, 6.45) is 4.43. The summed E-state index contributed by atoms with van der Waals surface area (Å²) < 4.78 is 34.2. The number of carboxylic acids is 1. The lowest BCUT2D eigenvalue weighted by Gasteiger charge is -2.22. The molecule has 9 nitrogen and oxygen atoms in total. The van der Waals surface area contributed by atoms with Gasteiger partial charge in [-0.1, -0.05) is 37.3 Å². The number of ether oxygens (including phenoxy) is 1. The molecule has 0 bridgehead atoms. The van der Waals surface area contributed by atoms with Crippen LogP contribution in [-0.2, 0) is 26.2 Å². The summed E-state index contributed by atoms with van der Waals surface area (Å²) >= 11 is 0. The fourth-order valence-electron chi connectivity index (χ4n) is 4.11. The lowest BCUT2D eigenvalue weighted by atomic mass is 10.1. The molecule has 0 spiro atoms. The van der Waals surface area contributed by atoms with Crippen LogP contribution in [0.5, 0.6) is 0 Å². The lowest BCUT2D eigenvalue weighted by molar-refractivity contribution is -0.137. The van der Waals surface area contributed by atoms with Crippen molar-refractivity contribution in [2.45, 2.75) is 50.2 Å². The van der Waals surface area contributed by atoms with Crippen molar-refractivity contribution in [1.29, 1.82) is 0 Å². The number of aliphatic carboxylic acids is 1. The Balaban J connectivity index is 0.000000480. The van der Waals surface area contributed by atoms with E-state index < -0.39 is 16.0 Å². The van der Waals surface area contributed by atoms with E-state index in [1.807, 2.05) is 37.3 Å². The minimum atomic E-state index is -3.69. The first kappa shape index (κ1) is 26.6. The Labute approximate surface area is 215 Å². The highest BCUT2D eigenvalue weighted by atomic mass is 32.2. The summed E-state index contributed by atoms with van der Waals surface area (Å²) in [5.41, 5.74) is 1.89. The second kappa shape index (κ2) is 11.7. The minimum Gasteiger partial charge on any atom is -0.481 e. The molecule has 2 heterocycles. The molecule has 0 saturated heterocycles. The molecule has 1 aliphatic carbocycles. The summed E-state index contributed by atoms with van der Waals surface area (Å²) in [4.78, 5) is 27.7. The minimum absolute atomic E-state index is 0.0175. The molecule has 0 atom stereocenters. The van der Waals surface area contributed by atoms with E-state index in [0.717, 1.165) is 24.8 Å². The number of hydrogen-bond acceptors (Lipinski definition) is 5. The number of fused-ring (bicyclic) bond motifs is 3. The quantitative estimate of drug-likeness (QED) is 0.265. The molecule has 0 aliphatic heterocycles. The van der Waals surface area contributed by atoms with Gasteiger partial charge in [0.15, 0.2) is 0 Å². The Hall–Kier alpha value is -3.47. The first-order valence-corrected chi connectivity index (χ1v) is 13.7. The van der Waals surface area contributed by atoms with Gasteiger partial charge in [-0.05, 0) is 49.1 Å². The summed E-state index contributed by atoms with van der Waals surface area (Å²) in [5, 5.41) is 9.32. The zero-order chi connectivity index (χ0) is 26.4. The molecular weight excluding hydrogens is 494 g/mol. The van der Waals surface area contributed by atoms with Crippen molar-refractivity contribution in [3.05, 3.63) is 76.7 Å². The van der Waals surface area contributed by atoms with Crippen molar-refractivity contribution in [3.8, 4) is 0 Å². The number of H-pyrrole nitrogens is 2. The van der Waals surface area contributed by atoms with E-state index in [9.17, 15) is 18.0 Å². The van der Waals surface area contributed by atoms with Gasteiger partial charge in [-0.25, -0.2) is 8.42 Å². The fraction of sp³-hybridized carbons (Fsp3) is 0.333. The smallest absolute Gasteiger partial charge is 0.303 e. The van der Waals surface area contributed by atoms with Crippen LogP contribution < -0.4 is 5.56 Å². The molecule has 0 amide bonds. The zero-order valence-electron chi connectivity index (χ0n) is 20.6. The Morgan fingerprint density at radius 2 is 1.86 bits per heavy atom. The van der Waals surface area contributed by atoms with Crippen LogP contribution in [0, 0.1) is 0 Å². The molecule has 1 saturated carbocycles. The molecule has 5 rings (SSSR count). The standard InChI is InChI=1S/C23H23N3O4S.C4H8O2/c27-23-22-19(10-11-24-22)20-14-18(8-9-21(20)25-23)31(28,29)26(17-6-7-17)12-13-30-15-16-4-2-1-3-5-16;1-2-3-4(5)6/h1-5,8-11,14,17,24H,6-7,12-13,15H2,(H,25,27);2-3H2,1H3,(H,5,6). The largest absolute Gasteiger partial charge is 0.481 e. The third-order valence-corrected chi connectivity index (χ3v) is 8.04. The first-order chi connectivity index (χ1) is 17.8. The van der Waals surface area contributed by atoms with Crippen molar-refractivity contribution in [2.24, 2.45) is 0 Å². The van der Waals surface area contributed by atoms with Crippen molar-refractivity contribution in [3.63, 3.8) is 0 Å². The maximum absolute atomic E-state index is 13.5. The molecule has 0 radical (unpaired) electrons. The molecule has 10 heteroatoms. The molecule has 196 valence electrons. The highest BCUT2D eigenvalue weighted by molar-refractivity contribution is 7.89. The normalized spacial score (nSPS) is 13.6. The predicted molar refractivity (Wildman–Crippen MR) is 142 cm³/mol. The van der Waals surface area contributed by atoms with Gasteiger partial charge in [0.1, 0.15) is 5.52 Å². The number of benzene rings is 2. The Morgan fingerprint density at radius 1 is 1.11 bits per heavy atom. The van der Waals surface area contributed by atoms with Crippen LogP contribution in [0.15, 0.2) is 70.5 Å². The van der Waals surface area contributed by atoms with E-state index in [0.29, 0.717) is 48.0 Å². The number of nitrogens with zero attached hydrogens (tertiary/aromatic N) is 1. The third-order valence-electron chi connectivity index (χ3n) is 6.10. The summed E-state index contributed by atoms with van der Waals surface area (Å²) in [5.74, 6) is -0.711. The van der Waals surface area contributed by atoms with E-state index in [1.54, 1.807) is 34.8 Å². The van der Waals surface area contributed by atoms with Crippen molar-refractivity contribution in [1.82, 2.24) is 14.3 Å². The lowest BCUT2D eigenvalue weighted by Crippen LogP contribution is -2.36. The van der Waals surface area contributed by atoms with Crippen molar-refractivity contribution < 1.29 is 23.1 Å². The van der Waals surface area contributed by atoms with Crippen LogP contribution in [-0.4, -0.2) is 53.0 Å². The molecule has 4 aromatic rings. The monoisotopic (exact) mass is 525 g/mol. The van der Waals surface area contributed by atoms with Gasteiger partial charge < -0.3 is 19.8 Å². The molecule has 2 aromatic heterocycles.